The summed E-state index contributed by atoms with van der Waals surface area (Å²) in [6.45, 7) is 7.62. The summed E-state index contributed by atoms with van der Waals surface area (Å²) in [7, 11) is 0. The summed E-state index contributed by atoms with van der Waals surface area (Å²) in [4.78, 5) is 18.4. The lowest BCUT2D eigenvalue weighted by Gasteiger charge is -2.31. The molecule has 1 atom stereocenters. The highest BCUT2D eigenvalue weighted by Gasteiger charge is 2.20. The first-order valence-corrected chi connectivity index (χ1v) is 8.09. The van der Waals surface area contributed by atoms with Gasteiger partial charge < -0.3 is 11.1 Å². The second-order valence-electron chi connectivity index (χ2n) is 5.61. The Morgan fingerprint density at radius 1 is 1.60 bits per heavy atom. The molecule has 1 saturated heterocycles. The topological polar surface area (TPSA) is 71.2 Å². The molecule has 0 aliphatic carbocycles. The fourth-order valence-electron chi connectivity index (χ4n) is 2.46. The molecule has 1 aliphatic heterocycles. The van der Waals surface area contributed by atoms with Crippen LogP contribution in [0.4, 0.5) is 0 Å². The Balaban J connectivity index is 1.68. The Morgan fingerprint density at radius 3 is 2.85 bits per heavy atom. The van der Waals surface area contributed by atoms with Gasteiger partial charge in [-0.25, -0.2) is 4.98 Å². The van der Waals surface area contributed by atoms with Crippen LogP contribution < -0.4 is 11.1 Å². The number of nitrogens with two attached hydrogens (primary N) is 1. The van der Waals surface area contributed by atoms with Gasteiger partial charge in [0.15, 0.2) is 0 Å². The van der Waals surface area contributed by atoms with E-state index in [-0.39, 0.29) is 5.91 Å². The molecule has 0 aromatic carbocycles. The molecule has 1 fully saturated rings. The van der Waals surface area contributed by atoms with Gasteiger partial charge in [-0.3, -0.25) is 9.69 Å². The minimum absolute atomic E-state index is 0.0506. The number of amides is 1. The van der Waals surface area contributed by atoms with Gasteiger partial charge in [-0.05, 0) is 45.7 Å². The number of nitrogens with one attached hydrogen (secondary N) is 1. The van der Waals surface area contributed by atoms with Gasteiger partial charge in [0.25, 0.3) is 0 Å². The van der Waals surface area contributed by atoms with E-state index >= 15 is 0 Å². The Morgan fingerprint density at radius 2 is 2.30 bits per heavy atom. The third kappa shape index (κ3) is 4.54. The summed E-state index contributed by atoms with van der Waals surface area (Å²) < 4.78 is 0. The number of likely N-dealkylation sites (tertiary alicyclic amines) is 1. The van der Waals surface area contributed by atoms with Gasteiger partial charge in [0.05, 0.1) is 16.7 Å². The van der Waals surface area contributed by atoms with Crippen LogP contribution in [-0.4, -0.2) is 41.5 Å². The number of hydrogen-bond donors (Lipinski definition) is 2. The quantitative estimate of drug-likeness (QED) is 0.854. The molecule has 0 spiro atoms. The van der Waals surface area contributed by atoms with Crippen molar-refractivity contribution in [3.05, 3.63) is 16.1 Å². The van der Waals surface area contributed by atoms with Crippen molar-refractivity contribution in [1.29, 1.82) is 0 Å². The molecule has 5 nitrogen and oxygen atoms in total. The van der Waals surface area contributed by atoms with Crippen molar-refractivity contribution < 1.29 is 4.79 Å². The third-order valence-corrected chi connectivity index (χ3v) is 4.56. The fraction of sp³-hybridized carbons (Fsp3) is 0.714. The Hall–Kier alpha value is -0.980. The maximum absolute atomic E-state index is 11.4. The molecule has 0 unspecified atom stereocenters. The Kier molecular flexibility index (Phi) is 5.51. The number of rotatable bonds is 5. The standard InChI is InChI=1S/C14H24N4OS/c1-10(15)14(19)16-7-12-3-5-18(6-4-12)8-13-9-20-11(2)17-13/h9-10,12H,3-8,15H2,1-2H3,(H,16,19)/t10-/m1/s1. The van der Waals surface area contributed by atoms with E-state index in [1.165, 1.54) is 5.69 Å². The van der Waals surface area contributed by atoms with Crippen LogP contribution in [0.5, 0.6) is 0 Å². The van der Waals surface area contributed by atoms with Gasteiger partial charge in [0.1, 0.15) is 0 Å². The first-order valence-electron chi connectivity index (χ1n) is 7.21. The first kappa shape index (κ1) is 15.4. The van der Waals surface area contributed by atoms with Crippen molar-refractivity contribution in [3.63, 3.8) is 0 Å². The van der Waals surface area contributed by atoms with Gasteiger partial charge >= 0.3 is 0 Å². The van der Waals surface area contributed by atoms with Crippen LogP contribution in [-0.2, 0) is 11.3 Å². The molecule has 2 rings (SSSR count). The number of piperidine rings is 1. The van der Waals surface area contributed by atoms with Crippen molar-refractivity contribution in [3.8, 4) is 0 Å². The molecule has 0 saturated carbocycles. The normalized spacial score (nSPS) is 18.9. The number of nitrogens with zero attached hydrogens (tertiary/aromatic N) is 2. The lowest BCUT2D eigenvalue weighted by atomic mass is 9.96. The third-order valence-electron chi connectivity index (χ3n) is 3.74. The van der Waals surface area contributed by atoms with E-state index in [2.05, 4.69) is 20.6 Å². The second kappa shape index (κ2) is 7.15. The van der Waals surface area contributed by atoms with Gasteiger partial charge in [-0.2, -0.15) is 0 Å². The highest BCUT2D eigenvalue weighted by Crippen LogP contribution is 2.19. The Bertz CT molecular complexity index is 438. The molecule has 1 amide bonds. The minimum Gasteiger partial charge on any atom is -0.354 e. The first-order chi connectivity index (χ1) is 9.54. The van der Waals surface area contributed by atoms with Crippen LogP contribution in [0.15, 0.2) is 5.38 Å². The maximum Gasteiger partial charge on any atom is 0.236 e. The molecular weight excluding hydrogens is 272 g/mol. The van der Waals surface area contributed by atoms with E-state index in [0.29, 0.717) is 5.92 Å². The monoisotopic (exact) mass is 296 g/mol. The summed E-state index contributed by atoms with van der Waals surface area (Å²) in [5.74, 6) is 0.525. The van der Waals surface area contributed by atoms with E-state index in [0.717, 1.165) is 44.0 Å². The van der Waals surface area contributed by atoms with Crippen molar-refractivity contribution in [2.24, 2.45) is 11.7 Å². The van der Waals surface area contributed by atoms with Gasteiger partial charge in [-0.15, -0.1) is 11.3 Å². The predicted molar refractivity (Wildman–Crippen MR) is 81.5 cm³/mol. The van der Waals surface area contributed by atoms with Crippen LogP contribution in [0.3, 0.4) is 0 Å². The lowest BCUT2D eigenvalue weighted by molar-refractivity contribution is -0.122. The molecule has 1 aliphatic rings. The van der Waals surface area contributed by atoms with Crippen LogP contribution in [0.1, 0.15) is 30.5 Å². The van der Waals surface area contributed by atoms with Crippen LogP contribution in [0, 0.1) is 12.8 Å². The zero-order chi connectivity index (χ0) is 14.5. The SMILES string of the molecule is Cc1nc(CN2CCC(CNC(=O)[C@@H](C)N)CC2)cs1. The molecule has 3 N–H and O–H groups in total. The fourth-order valence-corrected chi connectivity index (χ4v) is 3.07. The number of carbonyl (C=O) groups excluding carboxylic acids is 1. The molecule has 0 bridgehead atoms. The molecule has 1 aromatic rings. The highest BCUT2D eigenvalue weighted by molar-refractivity contribution is 7.09. The summed E-state index contributed by atoms with van der Waals surface area (Å²) in [5.41, 5.74) is 6.71. The van der Waals surface area contributed by atoms with E-state index in [9.17, 15) is 4.79 Å². The zero-order valence-corrected chi connectivity index (χ0v) is 13.1. The molecule has 20 heavy (non-hydrogen) atoms. The summed E-state index contributed by atoms with van der Waals surface area (Å²) in [6.07, 6.45) is 2.25. The predicted octanol–water partition coefficient (Wildman–Crippen LogP) is 1.13. The van der Waals surface area contributed by atoms with E-state index in [1.807, 2.05) is 6.92 Å². The van der Waals surface area contributed by atoms with E-state index < -0.39 is 6.04 Å². The van der Waals surface area contributed by atoms with Crippen molar-refractivity contribution in [2.75, 3.05) is 19.6 Å². The van der Waals surface area contributed by atoms with E-state index in [4.69, 9.17) is 5.73 Å². The maximum atomic E-state index is 11.4. The average molecular weight is 296 g/mol. The molecule has 2 heterocycles. The molecule has 112 valence electrons. The Labute approximate surface area is 124 Å². The van der Waals surface area contributed by atoms with Crippen LogP contribution in [0.2, 0.25) is 0 Å². The van der Waals surface area contributed by atoms with Gasteiger partial charge in [0.2, 0.25) is 5.91 Å². The average Bonchev–Trinajstić information content (AvgIpc) is 2.83. The number of aromatic nitrogens is 1. The van der Waals surface area contributed by atoms with Crippen LogP contribution >= 0.6 is 11.3 Å². The largest absolute Gasteiger partial charge is 0.354 e. The van der Waals surface area contributed by atoms with Crippen molar-refractivity contribution in [2.45, 2.75) is 39.3 Å². The van der Waals surface area contributed by atoms with Gasteiger partial charge in [0, 0.05) is 18.5 Å². The number of aryl methyl sites for hydroxylation is 1. The second-order valence-corrected chi connectivity index (χ2v) is 6.67. The van der Waals surface area contributed by atoms with E-state index in [1.54, 1.807) is 18.3 Å². The highest BCUT2D eigenvalue weighted by atomic mass is 32.1. The lowest BCUT2D eigenvalue weighted by Crippen LogP contribution is -2.43. The number of hydrogen-bond acceptors (Lipinski definition) is 5. The van der Waals surface area contributed by atoms with Gasteiger partial charge in [-0.1, -0.05) is 0 Å². The number of carbonyl (C=O) groups is 1. The van der Waals surface area contributed by atoms with Crippen molar-refractivity contribution in [1.82, 2.24) is 15.2 Å². The smallest absolute Gasteiger partial charge is 0.236 e. The zero-order valence-electron chi connectivity index (χ0n) is 12.3. The molecule has 0 radical (unpaired) electrons. The molecular formula is C14H24N4OS. The minimum atomic E-state index is -0.414. The summed E-state index contributed by atoms with van der Waals surface area (Å²) in [6, 6.07) is -0.414. The van der Waals surface area contributed by atoms with Crippen LogP contribution in [0.25, 0.3) is 0 Å². The van der Waals surface area contributed by atoms with Crippen molar-refractivity contribution >= 4 is 17.2 Å². The summed E-state index contributed by atoms with van der Waals surface area (Å²) in [5, 5.41) is 6.20. The summed E-state index contributed by atoms with van der Waals surface area (Å²) >= 11 is 1.71. The molecule has 6 heteroatoms. The number of thiazole rings is 1. The molecule has 1 aromatic heterocycles.